The minimum Gasteiger partial charge on any atom is -0.464 e. The third-order valence-electron chi connectivity index (χ3n) is 5.46. The number of sulfonamides is 1. The summed E-state index contributed by atoms with van der Waals surface area (Å²) in [7, 11) is -2.27. The molecule has 0 atom stereocenters. The standard InChI is InChI=1S/C26H32N2O5S/c1-22-14-15-24(33-22)20-27(18-16-23-10-5-3-6-11-23)26(29)21-28(17-9-19-32-2)34(30,31)25-12-7-4-8-13-25/h3-8,10-15H,9,16-21H2,1-2H3. The first-order valence-electron chi connectivity index (χ1n) is 11.3. The monoisotopic (exact) mass is 484 g/mol. The van der Waals surface area contributed by atoms with Crippen molar-refractivity contribution in [3.8, 4) is 0 Å². The molecule has 34 heavy (non-hydrogen) atoms. The Bertz CT molecular complexity index is 1130. The predicted molar refractivity (Wildman–Crippen MR) is 131 cm³/mol. The molecule has 2 aromatic carbocycles. The molecule has 0 saturated heterocycles. The number of methoxy groups -OCH3 is 1. The van der Waals surface area contributed by atoms with E-state index in [1.165, 1.54) is 4.31 Å². The zero-order chi connectivity index (χ0) is 24.4. The SMILES string of the molecule is COCCCN(CC(=O)N(CCc1ccccc1)Cc1ccc(C)o1)S(=O)(=O)c1ccccc1. The van der Waals surface area contributed by atoms with E-state index in [1.807, 2.05) is 49.4 Å². The highest BCUT2D eigenvalue weighted by atomic mass is 32.2. The van der Waals surface area contributed by atoms with Crippen molar-refractivity contribution in [1.82, 2.24) is 9.21 Å². The van der Waals surface area contributed by atoms with Crippen LogP contribution in [0.2, 0.25) is 0 Å². The molecule has 1 amide bonds. The molecular formula is C26H32N2O5S. The highest BCUT2D eigenvalue weighted by molar-refractivity contribution is 7.89. The number of hydrogen-bond acceptors (Lipinski definition) is 5. The molecule has 7 nitrogen and oxygen atoms in total. The molecule has 0 radical (unpaired) electrons. The Hall–Kier alpha value is -2.94. The number of hydrogen-bond donors (Lipinski definition) is 0. The molecule has 0 aliphatic rings. The molecule has 0 unspecified atom stereocenters. The van der Waals surface area contributed by atoms with Gasteiger partial charge in [0, 0.05) is 26.8 Å². The average Bonchev–Trinajstić information content (AvgIpc) is 3.26. The van der Waals surface area contributed by atoms with Crippen molar-refractivity contribution < 1.29 is 22.4 Å². The third kappa shape index (κ3) is 7.28. The quantitative estimate of drug-likeness (QED) is 0.344. The molecule has 0 N–H and O–H groups in total. The van der Waals surface area contributed by atoms with Crippen molar-refractivity contribution in [1.29, 1.82) is 0 Å². The van der Waals surface area contributed by atoms with E-state index in [1.54, 1.807) is 42.3 Å². The van der Waals surface area contributed by atoms with Gasteiger partial charge in [0.1, 0.15) is 11.5 Å². The number of rotatable bonds is 13. The molecule has 0 fully saturated rings. The van der Waals surface area contributed by atoms with Crippen LogP contribution in [0.5, 0.6) is 0 Å². The van der Waals surface area contributed by atoms with Gasteiger partial charge in [0.2, 0.25) is 15.9 Å². The molecule has 0 bridgehead atoms. The summed E-state index contributed by atoms with van der Waals surface area (Å²) < 4.78 is 38.7. The fraction of sp³-hybridized carbons (Fsp3) is 0.346. The van der Waals surface area contributed by atoms with E-state index in [9.17, 15) is 13.2 Å². The normalized spacial score (nSPS) is 11.6. The summed E-state index contributed by atoms with van der Waals surface area (Å²) in [5.74, 6) is 1.15. The van der Waals surface area contributed by atoms with Gasteiger partial charge in [0.05, 0.1) is 18.0 Å². The van der Waals surface area contributed by atoms with Crippen LogP contribution in [0.1, 0.15) is 23.5 Å². The molecule has 1 aromatic heterocycles. The summed E-state index contributed by atoms with van der Waals surface area (Å²) in [5.41, 5.74) is 1.10. The number of aryl methyl sites for hydroxylation is 1. The molecule has 3 aromatic rings. The van der Waals surface area contributed by atoms with Gasteiger partial charge in [-0.15, -0.1) is 0 Å². The molecule has 0 saturated carbocycles. The molecular weight excluding hydrogens is 452 g/mol. The Morgan fingerprint density at radius 3 is 2.24 bits per heavy atom. The van der Waals surface area contributed by atoms with Crippen LogP contribution in [0, 0.1) is 6.92 Å². The van der Waals surface area contributed by atoms with Crippen LogP contribution in [0.25, 0.3) is 0 Å². The van der Waals surface area contributed by atoms with Gasteiger partial charge in [0.15, 0.2) is 0 Å². The van der Waals surface area contributed by atoms with Crippen LogP contribution >= 0.6 is 0 Å². The van der Waals surface area contributed by atoms with E-state index in [0.29, 0.717) is 31.8 Å². The first kappa shape index (κ1) is 25.7. The largest absolute Gasteiger partial charge is 0.464 e. The first-order chi connectivity index (χ1) is 16.4. The van der Waals surface area contributed by atoms with Crippen molar-refractivity contribution in [2.24, 2.45) is 0 Å². The number of ether oxygens (including phenoxy) is 1. The first-order valence-corrected chi connectivity index (χ1v) is 12.8. The van der Waals surface area contributed by atoms with E-state index in [4.69, 9.17) is 9.15 Å². The second kappa shape index (κ2) is 12.5. The second-order valence-corrected chi connectivity index (χ2v) is 10.00. The topological polar surface area (TPSA) is 80.1 Å². The zero-order valence-corrected chi connectivity index (χ0v) is 20.5. The van der Waals surface area contributed by atoms with E-state index in [2.05, 4.69) is 0 Å². The van der Waals surface area contributed by atoms with E-state index < -0.39 is 10.0 Å². The Labute approximate surface area is 202 Å². The average molecular weight is 485 g/mol. The Kier molecular flexibility index (Phi) is 9.44. The maximum atomic E-state index is 13.4. The van der Waals surface area contributed by atoms with Crippen LogP contribution in [0.15, 0.2) is 82.1 Å². The minimum atomic E-state index is -3.84. The number of furan rings is 1. The number of carbonyl (C=O) groups excluding carboxylic acids is 1. The fourth-order valence-electron chi connectivity index (χ4n) is 3.62. The van der Waals surface area contributed by atoms with Gasteiger partial charge in [-0.2, -0.15) is 4.31 Å². The highest BCUT2D eigenvalue weighted by Crippen LogP contribution is 2.17. The van der Waals surface area contributed by atoms with Crippen LogP contribution < -0.4 is 0 Å². The summed E-state index contributed by atoms with van der Waals surface area (Å²) in [6.07, 6.45) is 1.14. The fourth-order valence-corrected chi connectivity index (χ4v) is 5.07. The second-order valence-electron chi connectivity index (χ2n) is 8.06. The lowest BCUT2D eigenvalue weighted by Crippen LogP contribution is -2.43. The Morgan fingerprint density at radius 2 is 1.62 bits per heavy atom. The maximum Gasteiger partial charge on any atom is 0.243 e. The van der Waals surface area contributed by atoms with Crippen LogP contribution in [0.3, 0.4) is 0 Å². The summed E-state index contributed by atoms with van der Waals surface area (Å²) in [5, 5.41) is 0. The van der Waals surface area contributed by atoms with E-state index >= 15 is 0 Å². The zero-order valence-electron chi connectivity index (χ0n) is 19.7. The van der Waals surface area contributed by atoms with Crippen molar-refractivity contribution in [2.45, 2.75) is 31.2 Å². The van der Waals surface area contributed by atoms with Crippen LogP contribution in [-0.2, 0) is 32.5 Å². The molecule has 0 spiro atoms. The van der Waals surface area contributed by atoms with Gasteiger partial charge in [-0.1, -0.05) is 48.5 Å². The van der Waals surface area contributed by atoms with Crippen molar-refractivity contribution in [2.75, 3.05) is 33.4 Å². The summed E-state index contributed by atoms with van der Waals surface area (Å²) in [6.45, 7) is 2.90. The van der Waals surface area contributed by atoms with Crippen LogP contribution in [0.4, 0.5) is 0 Å². The lowest BCUT2D eigenvalue weighted by atomic mass is 10.1. The summed E-state index contributed by atoms with van der Waals surface area (Å²) in [6, 6.07) is 21.8. The van der Waals surface area contributed by atoms with Gasteiger partial charge in [-0.3, -0.25) is 4.79 Å². The third-order valence-corrected chi connectivity index (χ3v) is 7.32. The number of carbonyl (C=O) groups is 1. The lowest BCUT2D eigenvalue weighted by Gasteiger charge is -2.27. The maximum absolute atomic E-state index is 13.4. The smallest absolute Gasteiger partial charge is 0.243 e. The molecule has 3 rings (SSSR count). The lowest BCUT2D eigenvalue weighted by molar-refractivity contribution is -0.132. The van der Waals surface area contributed by atoms with Gasteiger partial charge >= 0.3 is 0 Å². The number of amides is 1. The molecule has 0 aliphatic heterocycles. The molecule has 0 aliphatic carbocycles. The van der Waals surface area contributed by atoms with Gasteiger partial charge in [0.25, 0.3) is 0 Å². The van der Waals surface area contributed by atoms with Crippen molar-refractivity contribution >= 4 is 15.9 Å². The summed E-state index contributed by atoms with van der Waals surface area (Å²) >= 11 is 0. The van der Waals surface area contributed by atoms with Crippen LogP contribution in [-0.4, -0.2) is 56.9 Å². The van der Waals surface area contributed by atoms with E-state index in [0.717, 1.165) is 11.3 Å². The van der Waals surface area contributed by atoms with Gasteiger partial charge in [-0.05, 0) is 49.6 Å². The number of nitrogens with zero attached hydrogens (tertiary/aromatic N) is 2. The van der Waals surface area contributed by atoms with Crippen molar-refractivity contribution in [3.63, 3.8) is 0 Å². The van der Waals surface area contributed by atoms with Gasteiger partial charge < -0.3 is 14.1 Å². The van der Waals surface area contributed by atoms with E-state index in [-0.39, 0.29) is 30.4 Å². The molecule has 1 heterocycles. The van der Waals surface area contributed by atoms with Crippen molar-refractivity contribution in [3.05, 3.63) is 89.9 Å². The highest BCUT2D eigenvalue weighted by Gasteiger charge is 2.28. The predicted octanol–water partition coefficient (Wildman–Crippen LogP) is 3.89. The minimum absolute atomic E-state index is 0.165. The Balaban J connectivity index is 1.80. The molecule has 8 heteroatoms. The Morgan fingerprint density at radius 1 is 0.941 bits per heavy atom. The summed E-state index contributed by atoms with van der Waals surface area (Å²) in [4.78, 5) is 15.3. The van der Waals surface area contributed by atoms with Gasteiger partial charge in [-0.25, -0.2) is 8.42 Å². The molecule has 182 valence electrons. The number of benzene rings is 2.